The van der Waals surface area contributed by atoms with E-state index in [1.54, 1.807) is 13.0 Å². The van der Waals surface area contributed by atoms with Crippen LogP contribution in [0.15, 0.2) is 28.8 Å². The van der Waals surface area contributed by atoms with E-state index in [0.717, 1.165) is 29.3 Å². The number of halogens is 1. The van der Waals surface area contributed by atoms with Gasteiger partial charge in [0.25, 0.3) is 5.91 Å². The molecular weight excluding hydrogens is 385 g/mol. The monoisotopic (exact) mass is 407 g/mol. The van der Waals surface area contributed by atoms with E-state index in [-0.39, 0.29) is 11.4 Å². The summed E-state index contributed by atoms with van der Waals surface area (Å²) in [5.74, 6) is 0.762. The molecule has 5 rings (SSSR count). The number of aromatic nitrogens is 3. The largest absolute Gasteiger partial charge is 0.442 e. The third kappa shape index (κ3) is 3.18. The van der Waals surface area contributed by atoms with E-state index in [1.165, 1.54) is 12.1 Å². The highest BCUT2D eigenvalue weighted by molar-refractivity contribution is 6.09. The van der Waals surface area contributed by atoms with Gasteiger partial charge in [-0.2, -0.15) is 4.98 Å². The predicted molar refractivity (Wildman–Crippen MR) is 112 cm³/mol. The maximum absolute atomic E-state index is 13.7. The van der Waals surface area contributed by atoms with E-state index in [4.69, 9.17) is 15.1 Å². The minimum Gasteiger partial charge on any atom is -0.442 e. The number of hydrogen-bond acceptors (Lipinski definition) is 5. The highest BCUT2D eigenvalue weighted by atomic mass is 19.1. The Morgan fingerprint density at radius 1 is 1.33 bits per heavy atom. The van der Waals surface area contributed by atoms with Crippen LogP contribution in [-0.2, 0) is 12.8 Å². The van der Waals surface area contributed by atoms with Gasteiger partial charge in [-0.15, -0.1) is 0 Å². The summed E-state index contributed by atoms with van der Waals surface area (Å²) in [6.07, 6.45) is 5.11. The van der Waals surface area contributed by atoms with Crippen molar-refractivity contribution in [3.63, 3.8) is 0 Å². The zero-order valence-electron chi connectivity index (χ0n) is 16.8. The lowest BCUT2D eigenvalue weighted by molar-refractivity contribution is 0.1000. The van der Waals surface area contributed by atoms with Gasteiger partial charge >= 0.3 is 0 Å². The Hall–Kier alpha value is -3.42. The van der Waals surface area contributed by atoms with Gasteiger partial charge in [0, 0.05) is 29.1 Å². The third-order valence-corrected chi connectivity index (χ3v) is 5.79. The number of fused-ring (bicyclic) bond motifs is 2. The molecule has 8 heteroatoms. The number of carbonyl (C=O) groups excluding carboxylic acids is 1. The van der Waals surface area contributed by atoms with E-state index in [9.17, 15) is 9.18 Å². The van der Waals surface area contributed by atoms with Crippen molar-refractivity contribution in [2.75, 3.05) is 5.32 Å². The summed E-state index contributed by atoms with van der Waals surface area (Å²) < 4.78 is 19.4. The first-order chi connectivity index (χ1) is 14.3. The topological polar surface area (TPSA) is 110 Å². The smallest absolute Gasteiger partial charge is 0.253 e. The third-order valence-electron chi connectivity index (χ3n) is 5.79. The Balaban J connectivity index is 1.52. The molecule has 0 radical (unpaired) electrons. The molecule has 1 amide bonds. The molecule has 4 N–H and O–H groups in total. The van der Waals surface area contributed by atoms with Gasteiger partial charge in [0.1, 0.15) is 23.2 Å². The van der Waals surface area contributed by atoms with Crippen LogP contribution in [0.2, 0.25) is 0 Å². The van der Waals surface area contributed by atoms with Crippen LogP contribution in [0.1, 0.15) is 47.3 Å². The fourth-order valence-corrected chi connectivity index (χ4v) is 3.86. The lowest BCUT2D eigenvalue weighted by Crippen LogP contribution is -2.19. The van der Waals surface area contributed by atoms with Crippen molar-refractivity contribution >= 4 is 33.7 Å². The molecule has 0 spiro atoms. The molecule has 3 heterocycles. The number of nitrogens with zero attached hydrogens (tertiary/aromatic N) is 2. The number of anilines is 1. The van der Waals surface area contributed by atoms with Gasteiger partial charge < -0.3 is 20.5 Å². The molecule has 30 heavy (non-hydrogen) atoms. The van der Waals surface area contributed by atoms with Crippen molar-refractivity contribution in [3.05, 3.63) is 52.9 Å². The Bertz CT molecular complexity index is 1300. The van der Waals surface area contributed by atoms with Gasteiger partial charge in [-0.05, 0) is 56.9 Å². The number of benzene rings is 1. The van der Waals surface area contributed by atoms with Gasteiger partial charge in [-0.1, -0.05) is 0 Å². The standard InChI is InChI=1S/C22H22FN5O2/c1-11-17(19(24)29)18-20(28-22(2)7-8-22)26-16(27-21(18)30-11)6-3-12-10-25-15-5-4-13(23)9-14(12)15/h4-5,9-10,25H,3,6-8H2,1-2H3,(H2,24,29)(H,26,27,28). The fraction of sp³-hybridized carbons (Fsp3) is 0.318. The first kappa shape index (κ1) is 18.6. The molecule has 0 bridgehead atoms. The molecule has 0 saturated heterocycles. The van der Waals surface area contributed by atoms with Crippen molar-refractivity contribution in [1.82, 2.24) is 15.0 Å². The molecule has 0 unspecified atom stereocenters. The number of H-pyrrole nitrogens is 1. The lowest BCUT2D eigenvalue weighted by Gasteiger charge is -2.14. The number of rotatable bonds is 6. The fourth-order valence-electron chi connectivity index (χ4n) is 3.86. The molecule has 0 aliphatic heterocycles. The second-order valence-electron chi connectivity index (χ2n) is 8.26. The molecule has 3 aromatic heterocycles. The summed E-state index contributed by atoms with van der Waals surface area (Å²) >= 11 is 0. The number of nitrogens with two attached hydrogens (primary N) is 1. The van der Waals surface area contributed by atoms with Gasteiger partial charge in [-0.3, -0.25) is 4.79 Å². The maximum atomic E-state index is 13.7. The quantitative estimate of drug-likeness (QED) is 0.447. The van der Waals surface area contributed by atoms with E-state index in [1.807, 2.05) is 6.20 Å². The minimum atomic E-state index is -0.563. The average Bonchev–Trinajstić information content (AvgIpc) is 3.12. The van der Waals surface area contributed by atoms with Crippen LogP contribution in [0.5, 0.6) is 0 Å². The van der Waals surface area contributed by atoms with Crippen molar-refractivity contribution < 1.29 is 13.6 Å². The molecule has 4 aromatic rings. The van der Waals surface area contributed by atoms with Crippen LogP contribution < -0.4 is 11.1 Å². The predicted octanol–water partition coefficient (Wildman–Crippen LogP) is 4.00. The normalized spacial score (nSPS) is 15.0. The van der Waals surface area contributed by atoms with E-state index < -0.39 is 5.91 Å². The summed E-state index contributed by atoms with van der Waals surface area (Å²) in [4.78, 5) is 24.4. The van der Waals surface area contributed by atoms with Crippen molar-refractivity contribution in [2.45, 2.75) is 45.1 Å². The number of aryl methyl sites for hydroxylation is 3. The Labute approximate surface area is 171 Å². The van der Waals surface area contributed by atoms with Gasteiger partial charge in [0.05, 0.1) is 10.9 Å². The summed E-state index contributed by atoms with van der Waals surface area (Å²) in [5, 5.41) is 4.82. The summed E-state index contributed by atoms with van der Waals surface area (Å²) in [7, 11) is 0. The van der Waals surface area contributed by atoms with Crippen molar-refractivity contribution in [1.29, 1.82) is 0 Å². The molecule has 1 aliphatic rings. The number of carbonyl (C=O) groups is 1. The van der Waals surface area contributed by atoms with Crippen LogP contribution in [-0.4, -0.2) is 26.4 Å². The minimum absolute atomic E-state index is 0.0486. The summed E-state index contributed by atoms with van der Waals surface area (Å²) in [5.41, 5.74) is 8.08. The zero-order chi connectivity index (χ0) is 21.0. The summed E-state index contributed by atoms with van der Waals surface area (Å²) in [6.45, 7) is 3.81. The number of amides is 1. The number of aromatic amines is 1. The second-order valence-corrected chi connectivity index (χ2v) is 8.26. The molecule has 1 fully saturated rings. The molecule has 0 atom stereocenters. The first-order valence-corrected chi connectivity index (χ1v) is 9.96. The highest BCUT2D eigenvalue weighted by Gasteiger charge is 2.38. The molecule has 154 valence electrons. The molecule has 1 aliphatic carbocycles. The van der Waals surface area contributed by atoms with E-state index in [2.05, 4.69) is 22.2 Å². The average molecular weight is 407 g/mol. The first-order valence-electron chi connectivity index (χ1n) is 9.96. The molecular formula is C22H22FN5O2. The van der Waals surface area contributed by atoms with Crippen LogP contribution in [0, 0.1) is 12.7 Å². The second kappa shape index (κ2) is 6.55. The Kier molecular flexibility index (Phi) is 4.06. The lowest BCUT2D eigenvalue weighted by atomic mass is 10.1. The van der Waals surface area contributed by atoms with Crippen LogP contribution in [0.3, 0.4) is 0 Å². The van der Waals surface area contributed by atoms with Gasteiger partial charge in [0.15, 0.2) is 0 Å². The maximum Gasteiger partial charge on any atom is 0.253 e. The highest BCUT2D eigenvalue weighted by Crippen LogP contribution is 2.40. The number of furan rings is 1. The van der Waals surface area contributed by atoms with Crippen LogP contribution in [0.25, 0.3) is 22.0 Å². The van der Waals surface area contributed by atoms with Crippen molar-refractivity contribution in [2.24, 2.45) is 5.73 Å². The van der Waals surface area contributed by atoms with Crippen molar-refractivity contribution in [3.8, 4) is 0 Å². The van der Waals surface area contributed by atoms with E-state index >= 15 is 0 Å². The number of primary amides is 1. The van der Waals surface area contributed by atoms with Crippen LogP contribution >= 0.6 is 0 Å². The zero-order valence-corrected chi connectivity index (χ0v) is 16.8. The number of nitrogens with one attached hydrogen (secondary N) is 2. The molecule has 7 nitrogen and oxygen atoms in total. The van der Waals surface area contributed by atoms with Gasteiger partial charge in [0.2, 0.25) is 5.71 Å². The van der Waals surface area contributed by atoms with Crippen LogP contribution in [0.4, 0.5) is 10.2 Å². The SMILES string of the molecule is Cc1oc2nc(CCc3c[nH]c4ccc(F)cc34)nc(NC3(C)CC3)c2c1C(N)=O. The Morgan fingerprint density at radius 2 is 2.13 bits per heavy atom. The summed E-state index contributed by atoms with van der Waals surface area (Å²) in [6, 6.07) is 4.69. The van der Waals surface area contributed by atoms with E-state index in [0.29, 0.717) is 46.9 Å². The molecule has 1 saturated carbocycles. The Morgan fingerprint density at radius 3 is 2.87 bits per heavy atom. The van der Waals surface area contributed by atoms with Gasteiger partial charge in [-0.25, -0.2) is 9.37 Å². The number of hydrogen-bond donors (Lipinski definition) is 3. The molecule has 1 aromatic carbocycles.